The highest BCUT2D eigenvalue weighted by molar-refractivity contribution is 7.86. The molecule has 0 radical (unpaired) electrons. The largest absolute Gasteiger partial charge is 0.497 e. The molecule has 22 heavy (non-hydrogen) atoms. The maximum absolute atomic E-state index is 12.9. The lowest BCUT2D eigenvalue weighted by Gasteiger charge is -2.25. The second kappa shape index (κ2) is 6.78. The van der Waals surface area contributed by atoms with Crippen LogP contribution in [0.15, 0.2) is 35.1 Å². The molecule has 2 rings (SSSR count). The Morgan fingerprint density at radius 3 is 2.68 bits per heavy atom. The minimum atomic E-state index is -4.54. The lowest BCUT2D eigenvalue weighted by Crippen LogP contribution is -2.28. The third kappa shape index (κ3) is 4.45. The molecule has 0 aliphatic rings. The van der Waals surface area contributed by atoms with E-state index in [1.807, 2.05) is 13.0 Å². The number of anilines is 1. The van der Waals surface area contributed by atoms with Gasteiger partial charge in [0, 0.05) is 18.3 Å². The molecule has 8 heteroatoms. The fourth-order valence-electron chi connectivity index (χ4n) is 2.13. The lowest BCUT2D eigenvalue weighted by atomic mass is 10.1. The number of methoxy groups -OCH3 is 1. The van der Waals surface area contributed by atoms with Crippen LogP contribution in [-0.2, 0) is 16.8 Å². The number of benzene rings is 1. The predicted octanol–water partition coefficient (Wildman–Crippen LogP) is 2.30. The number of ether oxygens (including phenoxy) is 1. The zero-order valence-corrected chi connectivity index (χ0v) is 13.1. The van der Waals surface area contributed by atoms with E-state index in [2.05, 4.69) is 5.16 Å². The Balaban J connectivity index is 2.26. The number of rotatable bonds is 7. The molecule has 0 atom stereocenters. The monoisotopic (exact) mass is 328 g/mol. The molecule has 0 bridgehead atoms. The van der Waals surface area contributed by atoms with Crippen LogP contribution in [0, 0.1) is 6.92 Å². The Morgan fingerprint density at radius 2 is 2.14 bits per heavy atom. The van der Waals surface area contributed by atoms with Gasteiger partial charge in [-0.1, -0.05) is 5.16 Å². The van der Waals surface area contributed by atoms with E-state index >= 15 is 0 Å². The minimum absolute atomic E-state index is 0.0128. The van der Waals surface area contributed by atoms with Gasteiger partial charge >= 0.3 is 10.2 Å². The first-order valence-corrected chi connectivity index (χ1v) is 8.15. The van der Waals surface area contributed by atoms with E-state index in [4.69, 9.17) is 9.26 Å². The second-order valence-electron chi connectivity index (χ2n) is 4.81. The molecular formula is C14H17FN2O4S. The molecule has 0 aliphatic heterocycles. The van der Waals surface area contributed by atoms with Crippen molar-refractivity contribution < 1.29 is 21.6 Å². The number of hydrogen-bond donors (Lipinski definition) is 0. The maximum atomic E-state index is 12.9. The summed E-state index contributed by atoms with van der Waals surface area (Å²) in [6.07, 6.45) is 1.43. The van der Waals surface area contributed by atoms with Gasteiger partial charge in [-0.05, 0) is 30.7 Å². The first kappa shape index (κ1) is 16.3. The van der Waals surface area contributed by atoms with E-state index in [0.29, 0.717) is 18.0 Å². The molecule has 120 valence electrons. The number of halogens is 1. The standard InChI is InChI=1S/C14H17FN2O4S/c1-11-9-13(20-2)3-4-14(11)17(6-8-22(15,18)19)10-12-5-7-21-16-12/h3-5,7,9H,6,8,10H2,1-2H3. The van der Waals surface area contributed by atoms with Crippen molar-refractivity contribution in [2.45, 2.75) is 13.5 Å². The third-order valence-corrected chi connectivity index (χ3v) is 3.86. The van der Waals surface area contributed by atoms with Crippen LogP contribution in [-0.4, -0.2) is 33.0 Å². The Bertz CT molecular complexity index is 716. The molecule has 0 N–H and O–H groups in total. The van der Waals surface area contributed by atoms with Crippen molar-refractivity contribution in [2.75, 3.05) is 24.3 Å². The summed E-state index contributed by atoms with van der Waals surface area (Å²) >= 11 is 0. The molecule has 0 saturated carbocycles. The van der Waals surface area contributed by atoms with E-state index in [1.165, 1.54) is 6.26 Å². The van der Waals surface area contributed by atoms with Crippen molar-refractivity contribution in [1.29, 1.82) is 0 Å². The zero-order chi connectivity index (χ0) is 16.2. The SMILES string of the molecule is COc1ccc(N(CCS(=O)(=O)F)Cc2ccon2)c(C)c1. The van der Waals surface area contributed by atoms with Gasteiger partial charge in [0.15, 0.2) is 0 Å². The molecule has 0 spiro atoms. The van der Waals surface area contributed by atoms with Crippen LogP contribution in [0.1, 0.15) is 11.3 Å². The van der Waals surface area contributed by atoms with Gasteiger partial charge in [-0.15, -0.1) is 3.89 Å². The van der Waals surface area contributed by atoms with Crippen molar-refractivity contribution >= 4 is 15.9 Å². The predicted molar refractivity (Wildman–Crippen MR) is 80.2 cm³/mol. The summed E-state index contributed by atoms with van der Waals surface area (Å²) in [5.74, 6) is 0.108. The van der Waals surface area contributed by atoms with Gasteiger partial charge in [-0.2, -0.15) is 8.42 Å². The first-order valence-electron chi connectivity index (χ1n) is 6.60. The van der Waals surface area contributed by atoms with Crippen LogP contribution in [0.4, 0.5) is 9.57 Å². The molecule has 1 aromatic heterocycles. The van der Waals surface area contributed by atoms with Gasteiger partial charge in [0.05, 0.1) is 19.4 Å². The Morgan fingerprint density at radius 1 is 1.36 bits per heavy atom. The average molecular weight is 328 g/mol. The normalized spacial score (nSPS) is 11.4. The van der Waals surface area contributed by atoms with E-state index in [0.717, 1.165) is 11.3 Å². The van der Waals surface area contributed by atoms with Gasteiger partial charge in [-0.25, -0.2) is 0 Å². The van der Waals surface area contributed by atoms with Crippen LogP contribution in [0.2, 0.25) is 0 Å². The highest BCUT2D eigenvalue weighted by Gasteiger charge is 2.16. The van der Waals surface area contributed by atoms with Crippen LogP contribution < -0.4 is 9.64 Å². The van der Waals surface area contributed by atoms with Crippen molar-refractivity contribution in [2.24, 2.45) is 0 Å². The smallest absolute Gasteiger partial charge is 0.304 e. The lowest BCUT2D eigenvalue weighted by molar-refractivity contribution is 0.411. The molecule has 0 amide bonds. The quantitative estimate of drug-likeness (QED) is 0.726. The molecule has 0 fully saturated rings. The van der Waals surface area contributed by atoms with Crippen molar-refractivity contribution in [3.8, 4) is 5.75 Å². The first-order chi connectivity index (χ1) is 10.4. The fraction of sp³-hybridized carbons (Fsp3) is 0.357. The summed E-state index contributed by atoms with van der Waals surface area (Å²) in [6.45, 7) is 2.20. The van der Waals surface area contributed by atoms with Crippen LogP contribution in [0.25, 0.3) is 0 Å². The third-order valence-electron chi connectivity index (χ3n) is 3.19. The zero-order valence-electron chi connectivity index (χ0n) is 12.3. The van der Waals surface area contributed by atoms with E-state index in [-0.39, 0.29) is 6.54 Å². The highest BCUT2D eigenvalue weighted by Crippen LogP contribution is 2.26. The van der Waals surface area contributed by atoms with Gasteiger partial charge in [0.25, 0.3) is 0 Å². The Labute approximate surface area is 128 Å². The van der Waals surface area contributed by atoms with E-state index in [1.54, 1.807) is 30.2 Å². The van der Waals surface area contributed by atoms with Gasteiger partial charge < -0.3 is 14.2 Å². The van der Waals surface area contributed by atoms with Gasteiger partial charge in [-0.3, -0.25) is 0 Å². The molecular weight excluding hydrogens is 311 g/mol. The topological polar surface area (TPSA) is 72.6 Å². The highest BCUT2D eigenvalue weighted by atomic mass is 32.3. The molecule has 6 nitrogen and oxygen atoms in total. The summed E-state index contributed by atoms with van der Waals surface area (Å²) in [5.41, 5.74) is 2.30. The summed E-state index contributed by atoms with van der Waals surface area (Å²) in [6, 6.07) is 7.08. The van der Waals surface area contributed by atoms with Crippen LogP contribution in [0.5, 0.6) is 5.75 Å². The summed E-state index contributed by atoms with van der Waals surface area (Å²) in [7, 11) is -2.98. The Kier molecular flexibility index (Phi) is 5.02. The molecule has 0 aliphatic carbocycles. The summed E-state index contributed by atoms with van der Waals surface area (Å²) in [5, 5.41) is 3.80. The van der Waals surface area contributed by atoms with Crippen LogP contribution >= 0.6 is 0 Å². The second-order valence-corrected chi connectivity index (χ2v) is 6.29. The molecule has 2 aromatic rings. The van der Waals surface area contributed by atoms with Gasteiger partial charge in [0.1, 0.15) is 17.7 Å². The summed E-state index contributed by atoms with van der Waals surface area (Å²) < 4.78 is 44.4. The van der Waals surface area contributed by atoms with E-state index in [9.17, 15) is 12.3 Å². The molecule has 1 heterocycles. The number of aromatic nitrogens is 1. The average Bonchev–Trinajstić information content (AvgIpc) is 2.95. The minimum Gasteiger partial charge on any atom is -0.497 e. The van der Waals surface area contributed by atoms with Crippen LogP contribution in [0.3, 0.4) is 0 Å². The fourth-order valence-corrected chi connectivity index (χ4v) is 2.57. The summed E-state index contributed by atoms with van der Waals surface area (Å²) in [4.78, 5) is 1.74. The maximum Gasteiger partial charge on any atom is 0.304 e. The number of aryl methyl sites for hydroxylation is 1. The van der Waals surface area contributed by atoms with Gasteiger partial charge in [0.2, 0.25) is 0 Å². The molecule has 0 unspecified atom stereocenters. The van der Waals surface area contributed by atoms with Crippen molar-refractivity contribution in [1.82, 2.24) is 5.16 Å². The molecule has 1 aromatic carbocycles. The number of hydrogen-bond acceptors (Lipinski definition) is 6. The van der Waals surface area contributed by atoms with Crippen molar-refractivity contribution in [3.63, 3.8) is 0 Å². The van der Waals surface area contributed by atoms with E-state index < -0.39 is 16.0 Å². The van der Waals surface area contributed by atoms with Crippen molar-refractivity contribution in [3.05, 3.63) is 41.8 Å². The number of nitrogens with zero attached hydrogens (tertiary/aromatic N) is 2. The molecule has 0 saturated heterocycles. The Hall–Kier alpha value is -2.09.